The van der Waals surface area contributed by atoms with E-state index in [9.17, 15) is 4.79 Å². The first-order valence-electron chi connectivity index (χ1n) is 8.67. The molecule has 0 radical (unpaired) electrons. The first kappa shape index (κ1) is 17.4. The Labute approximate surface area is 161 Å². The highest BCUT2D eigenvalue weighted by Gasteiger charge is 2.14. The number of hydrogen-bond donors (Lipinski definition) is 2. The number of para-hydroxylation sites is 2. The summed E-state index contributed by atoms with van der Waals surface area (Å²) in [6, 6.07) is 16.6. The molecule has 4 aromatic rings. The number of nitrogens with one attached hydrogen (secondary N) is 1. The number of nitrogens with two attached hydrogens (primary N) is 1. The topological polar surface area (TPSA) is 93.8 Å². The molecule has 28 heavy (non-hydrogen) atoms. The lowest BCUT2D eigenvalue weighted by atomic mass is 10.1. The summed E-state index contributed by atoms with van der Waals surface area (Å²) in [7, 11) is 0. The van der Waals surface area contributed by atoms with Gasteiger partial charge in [-0.15, -0.1) is 0 Å². The lowest BCUT2D eigenvalue weighted by molar-refractivity contribution is 0.100. The fourth-order valence-corrected chi connectivity index (χ4v) is 2.99. The van der Waals surface area contributed by atoms with E-state index in [-0.39, 0.29) is 0 Å². The number of amides is 1. The van der Waals surface area contributed by atoms with Gasteiger partial charge in [-0.2, -0.15) is 0 Å². The largest absolute Gasteiger partial charge is 0.366 e. The molecule has 1 amide bonds. The maximum absolute atomic E-state index is 11.8. The number of nitrogens with zero attached hydrogens (tertiary/aromatic N) is 3. The standard InChI is InChI=1S/C22H17N5O/c1-2-14-7-5-10-17-19(14)26-21(15-8-6-12-24-13-15)27-22(17)25-18-11-4-3-9-16(18)20(23)28/h2-13H,1H2,(H2,23,28)(H,25,26,27). The molecule has 136 valence electrons. The lowest BCUT2D eigenvalue weighted by Gasteiger charge is -2.14. The molecular weight excluding hydrogens is 350 g/mol. The molecule has 4 rings (SSSR count). The van der Waals surface area contributed by atoms with Crippen molar-refractivity contribution in [3.8, 4) is 11.4 Å². The Morgan fingerprint density at radius 2 is 1.89 bits per heavy atom. The number of primary amides is 1. The van der Waals surface area contributed by atoms with Crippen LogP contribution in [0.15, 0.2) is 73.6 Å². The molecule has 0 spiro atoms. The Balaban J connectivity index is 1.95. The number of carbonyl (C=O) groups is 1. The van der Waals surface area contributed by atoms with Gasteiger partial charge in [-0.05, 0) is 30.3 Å². The predicted molar refractivity (Wildman–Crippen MR) is 111 cm³/mol. The van der Waals surface area contributed by atoms with Crippen LogP contribution in [-0.4, -0.2) is 20.9 Å². The van der Waals surface area contributed by atoms with Gasteiger partial charge in [-0.1, -0.05) is 36.9 Å². The molecule has 0 fully saturated rings. The van der Waals surface area contributed by atoms with E-state index in [0.29, 0.717) is 22.9 Å². The Morgan fingerprint density at radius 3 is 2.64 bits per heavy atom. The Bertz CT molecular complexity index is 1190. The van der Waals surface area contributed by atoms with Gasteiger partial charge in [-0.25, -0.2) is 9.97 Å². The van der Waals surface area contributed by atoms with Gasteiger partial charge in [0, 0.05) is 28.9 Å². The van der Waals surface area contributed by atoms with E-state index >= 15 is 0 Å². The number of hydrogen-bond acceptors (Lipinski definition) is 5. The molecule has 0 bridgehead atoms. The normalized spacial score (nSPS) is 10.6. The molecule has 0 unspecified atom stereocenters. The fraction of sp³-hybridized carbons (Fsp3) is 0. The number of fused-ring (bicyclic) bond motifs is 1. The smallest absolute Gasteiger partial charge is 0.250 e. The first-order valence-corrected chi connectivity index (χ1v) is 8.67. The van der Waals surface area contributed by atoms with Crippen molar-refractivity contribution in [2.75, 3.05) is 5.32 Å². The number of rotatable bonds is 5. The van der Waals surface area contributed by atoms with Gasteiger partial charge in [0.2, 0.25) is 0 Å². The van der Waals surface area contributed by atoms with E-state index in [1.807, 2.05) is 36.4 Å². The molecule has 6 nitrogen and oxygen atoms in total. The van der Waals surface area contributed by atoms with Gasteiger partial charge >= 0.3 is 0 Å². The summed E-state index contributed by atoms with van der Waals surface area (Å²) in [5.41, 5.74) is 8.91. The van der Waals surface area contributed by atoms with Crippen LogP contribution in [0.25, 0.3) is 28.4 Å². The lowest BCUT2D eigenvalue weighted by Crippen LogP contribution is -2.13. The van der Waals surface area contributed by atoms with Gasteiger partial charge in [0.05, 0.1) is 16.8 Å². The highest BCUT2D eigenvalue weighted by atomic mass is 16.1. The molecule has 0 saturated carbocycles. The molecule has 0 aliphatic rings. The van der Waals surface area contributed by atoms with Crippen LogP contribution in [0.3, 0.4) is 0 Å². The molecule has 2 heterocycles. The highest BCUT2D eigenvalue weighted by molar-refractivity contribution is 6.01. The second-order valence-electron chi connectivity index (χ2n) is 6.12. The Morgan fingerprint density at radius 1 is 1.04 bits per heavy atom. The quantitative estimate of drug-likeness (QED) is 0.552. The SMILES string of the molecule is C=Cc1cccc2c(Nc3ccccc3C(N)=O)nc(-c3cccnc3)nc12. The van der Waals surface area contributed by atoms with Crippen molar-refractivity contribution in [1.82, 2.24) is 15.0 Å². The van der Waals surface area contributed by atoms with Crippen molar-refractivity contribution in [2.45, 2.75) is 0 Å². The van der Waals surface area contributed by atoms with Crippen LogP contribution in [0, 0.1) is 0 Å². The number of anilines is 2. The molecule has 0 aliphatic carbocycles. The molecule has 6 heteroatoms. The van der Waals surface area contributed by atoms with Crippen LogP contribution in [0.5, 0.6) is 0 Å². The molecule has 0 saturated heterocycles. The van der Waals surface area contributed by atoms with Crippen LogP contribution in [-0.2, 0) is 0 Å². The van der Waals surface area contributed by atoms with Crippen molar-refractivity contribution in [3.05, 3.63) is 84.7 Å². The van der Waals surface area contributed by atoms with E-state index in [1.165, 1.54) is 0 Å². The van der Waals surface area contributed by atoms with Gasteiger partial charge in [-0.3, -0.25) is 9.78 Å². The number of benzene rings is 2. The van der Waals surface area contributed by atoms with E-state index in [1.54, 1.807) is 36.7 Å². The number of carbonyl (C=O) groups excluding carboxylic acids is 1. The van der Waals surface area contributed by atoms with Crippen molar-refractivity contribution in [1.29, 1.82) is 0 Å². The number of pyridine rings is 1. The van der Waals surface area contributed by atoms with E-state index in [4.69, 9.17) is 15.7 Å². The molecule has 0 aliphatic heterocycles. The minimum atomic E-state index is -0.513. The fourth-order valence-electron chi connectivity index (χ4n) is 2.99. The first-order chi connectivity index (χ1) is 13.7. The summed E-state index contributed by atoms with van der Waals surface area (Å²) in [6.45, 7) is 3.88. The maximum atomic E-state index is 11.8. The van der Waals surface area contributed by atoms with Crippen molar-refractivity contribution in [3.63, 3.8) is 0 Å². The zero-order chi connectivity index (χ0) is 19.5. The van der Waals surface area contributed by atoms with Crippen LogP contribution < -0.4 is 11.1 Å². The van der Waals surface area contributed by atoms with E-state index in [0.717, 1.165) is 22.0 Å². The summed E-state index contributed by atoms with van der Waals surface area (Å²) >= 11 is 0. The minimum absolute atomic E-state index is 0.386. The summed E-state index contributed by atoms with van der Waals surface area (Å²) in [5.74, 6) is 0.580. The Kier molecular flexibility index (Phi) is 4.51. The summed E-state index contributed by atoms with van der Waals surface area (Å²) in [6.07, 6.45) is 5.16. The maximum Gasteiger partial charge on any atom is 0.250 e. The second kappa shape index (κ2) is 7.28. The summed E-state index contributed by atoms with van der Waals surface area (Å²) < 4.78 is 0. The second-order valence-corrected chi connectivity index (χ2v) is 6.12. The molecule has 2 aromatic heterocycles. The van der Waals surface area contributed by atoms with E-state index in [2.05, 4.69) is 16.9 Å². The van der Waals surface area contributed by atoms with Crippen LogP contribution >= 0.6 is 0 Å². The van der Waals surface area contributed by atoms with Gasteiger partial charge in [0.15, 0.2) is 5.82 Å². The zero-order valence-electron chi connectivity index (χ0n) is 15.0. The van der Waals surface area contributed by atoms with Crippen LogP contribution in [0.2, 0.25) is 0 Å². The minimum Gasteiger partial charge on any atom is -0.366 e. The summed E-state index contributed by atoms with van der Waals surface area (Å²) in [4.78, 5) is 25.4. The third kappa shape index (κ3) is 3.19. The average molecular weight is 367 g/mol. The van der Waals surface area contributed by atoms with Gasteiger partial charge in [0.1, 0.15) is 5.82 Å². The zero-order valence-corrected chi connectivity index (χ0v) is 15.0. The summed E-state index contributed by atoms with van der Waals surface area (Å²) in [5, 5.41) is 4.06. The van der Waals surface area contributed by atoms with Crippen LogP contribution in [0.4, 0.5) is 11.5 Å². The van der Waals surface area contributed by atoms with Crippen molar-refractivity contribution >= 4 is 34.4 Å². The predicted octanol–water partition coefficient (Wildman–Crippen LogP) is 4.18. The van der Waals surface area contributed by atoms with Crippen molar-refractivity contribution in [2.24, 2.45) is 5.73 Å². The molecule has 3 N–H and O–H groups in total. The highest BCUT2D eigenvalue weighted by Crippen LogP contribution is 2.30. The molecular formula is C22H17N5O. The number of aromatic nitrogens is 3. The molecule has 2 aromatic carbocycles. The van der Waals surface area contributed by atoms with E-state index < -0.39 is 5.91 Å². The monoisotopic (exact) mass is 367 g/mol. The Hall–Kier alpha value is -4.06. The van der Waals surface area contributed by atoms with Gasteiger partial charge < -0.3 is 11.1 Å². The van der Waals surface area contributed by atoms with Crippen LogP contribution in [0.1, 0.15) is 15.9 Å². The third-order valence-electron chi connectivity index (χ3n) is 4.34. The van der Waals surface area contributed by atoms with Crippen molar-refractivity contribution < 1.29 is 4.79 Å². The van der Waals surface area contributed by atoms with Gasteiger partial charge in [0.25, 0.3) is 5.91 Å². The molecule has 0 atom stereocenters. The third-order valence-corrected chi connectivity index (χ3v) is 4.34. The average Bonchev–Trinajstić information content (AvgIpc) is 2.74.